The van der Waals surface area contributed by atoms with Crippen LogP contribution in [0, 0.1) is 6.92 Å². The van der Waals surface area contributed by atoms with Gasteiger partial charge in [-0.1, -0.05) is 0 Å². The second-order valence-corrected chi connectivity index (χ2v) is 2.23. The van der Waals surface area contributed by atoms with Crippen LogP contribution in [0.2, 0.25) is 0 Å². The average molecular weight is 133 g/mol. The van der Waals surface area contributed by atoms with Crippen LogP contribution >= 0.6 is 0 Å². The van der Waals surface area contributed by atoms with Gasteiger partial charge in [0.2, 0.25) is 0 Å². The number of rotatable bonds is 0. The number of aromatic nitrogens is 3. The molecule has 0 aliphatic heterocycles. The van der Waals surface area contributed by atoms with Crippen molar-refractivity contribution in [1.29, 1.82) is 0 Å². The van der Waals surface area contributed by atoms with E-state index < -0.39 is 0 Å². The highest BCUT2D eigenvalue weighted by molar-refractivity contribution is 5.50. The fraction of sp³-hybridized carbons (Fsp3) is 0.143. The predicted octanol–water partition coefficient (Wildman–Crippen LogP) is 1.04. The number of aryl methyl sites for hydroxylation is 1. The zero-order valence-corrected chi connectivity index (χ0v) is 5.65. The van der Waals surface area contributed by atoms with Gasteiger partial charge in [0.25, 0.3) is 0 Å². The maximum Gasteiger partial charge on any atom is 0.0902 e. The molecule has 2 aromatic rings. The van der Waals surface area contributed by atoms with Crippen molar-refractivity contribution in [2.24, 2.45) is 0 Å². The molecule has 3 nitrogen and oxygen atoms in total. The van der Waals surface area contributed by atoms with Crippen LogP contribution in [0.15, 0.2) is 24.5 Å². The number of nitrogens with zero attached hydrogens (tertiary/aromatic N) is 3. The lowest BCUT2D eigenvalue weighted by Gasteiger charge is -1.88. The van der Waals surface area contributed by atoms with Crippen molar-refractivity contribution in [3.63, 3.8) is 0 Å². The van der Waals surface area contributed by atoms with Gasteiger partial charge in [0.1, 0.15) is 0 Å². The Morgan fingerprint density at radius 3 is 3.10 bits per heavy atom. The molecule has 2 rings (SSSR count). The molecule has 0 fully saturated rings. The molecule has 0 aliphatic carbocycles. The zero-order chi connectivity index (χ0) is 6.97. The highest BCUT2D eigenvalue weighted by Crippen LogP contribution is 2.04. The van der Waals surface area contributed by atoms with E-state index in [1.54, 1.807) is 10.8 Å². The molecule has 0 spiro atoms. The summed E-state index contributed by atoms with van der Waals surface area (Å²) < 4.78 is 1.62. The fourth-order valence-corrected chi connectivity index (χ4v) is 0.953. The van der Waals surface area contributed by atoms with Gasteiger partial charge < -0.3 is 0 Å². The highest BCUT2D eigenvalue weighted by Gasteiger charge is 1.95. The summed E-state index contributed by atoms with van der Waals surface area (Å²) in [6, 6.07) is 3.90. The first-order valence-electron chi connectivity index (χ1n) is 3.13. The van der Waals surface area contributed by atoms with Crippen LogP contribution in [0.4, 0.5) is 0 Å². The first-order valence-corrected chi connectivity index (χ1v) is 3.13. The molecule has 0 aromatic carbocycles. The van der Waals surface area contributed by atoms with E-state index in [9.17, 15) is 0 Å². The molecule has 0 unspecified atom stereocenters. The minimum atomic E-state index is 1.07. The molecule has 0 amide bonds. The number of fused-ring (bicyclic) bond motifs is 1. The van der Waals surface area contributed by atoms with E-state index in [0.29, 0.717) is 0 Å². The van der Waals surface area contributed by atoms with Gasteiger partial charge in [-0.15, -0.1) is 0 Å². The number of hydrogen-bond acceptors (Lipinski definition) is 2. The fourth-order valence-electron chi connectivity index (χ4n) is 0.953. The van der Waals surface area contributed by atoms with E-state index in [4.69, 9.17) is 0 Å². The SMILES string of the molecule is Cc1cnn2ncccc12. The molecule has 0 bridgehead atoms. The predicted molar refractivity (Wildman–Crippen MR) is 37.7 cm³/mol. The summed E-state index contributed by atoms with van der Waals surface area (Å²) in [7, 11) is 0. The highest BCUT2D eigenvalue weighted by atomic mass is 15.4. The van der Waals surface area contributed by atoms with Crippen LogP contribution in [0.1, 0.15) is 5.56 Å². The van der Waals surface area contributed by atoms with E-state index in [1.165, 1.54) is 0 Å². The molecule has 10 heavy (non-hydrogen) atoms. The van der Waals surface area contributed by atoms with Crippen molar-refractivity contribution < 1.29 is 0 Å². The maximum atomic E-state index is 4.02. The van der Waals surface area contributed by atoms with Crippen molar-refractivity contribution in [1.82, 2.24) is 14.8 Å². The van der Waals surface area contributed by atoms with E-state index in [2.05, 4.69) is 10.2 Å². The first kappa shape index (κ1) is 5.41. The van der Waals surface area contributed by atoms with Crippen molar-refractivity contribution >= 4 is 5.52 Å². The molecule has 2 heterocycles. The molecule has 0 saturated heterocycles. The first-order chi connectivity index (χ1) is 4.88. The van der Waals surface area contributed by atoms with Crippen molar-refractivity contribution in [2.45, 2.75) is 6.92 Å². The molecule has 0 atom stereocenters. The van der Waals surface area contributed by atoms with Crippen LogP contribution < -0.4 is 0 Å². The lowest BCUT2D eigenvalue weighted by atomic mass is 10.3. The molecule has 2 aromatic heterocycles. The maximum absolute atomic E-state index is 4.02. The Balaban J connectivity index is 2.93. The number of hydrogen-bond donors (Lipinski definition) is 0. The Morgan fingerprint density at radius 1 is 1.40 bits per heavy atom. The summed E-state index contributed by atoms with van der Waals surface area (Å²) in [5, 5.41) is 8.03. The summed E-state index contributed by atoms with van der Waals surface area (Å²) in [6.45, 7) is 2.02. The van der Waals surface area contributed by atoms with E-state index in [-0.39, 0.29) is 0 Å². The molecular formula is C7H7N3. The molecule has 0 N–H and O–H groups in total. The third-order valence-corrected chi connectivity index (χ3v) is 1.50. The van der Waals surface area contributed by atoms with Crippen LogP contribution in [0.25, 0.3) is 5.52 Å². The van der Waals surface area contributed by atoms with Crippen LogP contribution in [-0.2, 0) is 0 Å². The molecule has 0 aliphatic rings. The summed E-state index contributed by atoms with van der Waals surface area (Å²) in [5.41, 5.74) is 2.23. The minimum Gasteiger partial charge on any atom is -0.159 e. The van der Waals surface area contributed by atoms with Gasteiger partial charge in [-0.2, -0.15) is 14.8 Å². The van der Waals surface area contributed by atoms with Crippen molar-refractivity contribution in [3.05, 3.63) is 30.1 Å². The second-order valence-electron chi connectivity index (χ2n) is 2.23. The third-order valence-electron chi connectivity index (χ3n) is 1.50. The third kappa shape index (κ3) is 0.603. The summed E-state index contributed by atoms with van der Waals surface area (Å²) >= 11 is 0. The lowest BCUT2D eigenvalue weighted by molar-refractivity contribution is 0.800. The second kappa shape index (κ2) is 1.80. The quantitative estimate of drug-likeness (QED) is 0.537. The van der Waals surface area contributed by atoms with Crippen LogP contribution in [0.5, 0.6) is 0 Å². The van der Waals surface area contributed by atoms with Crippen molar-refractivity contribution in [2.75, 3.05) is 0 Å². The van der Waals surface area contributed by atoms with Crippen LogP contribution in [0.3, 0.4) is 0 Å². The van der Waals surface area contributed by atoms with Gasteiger partial charge in [0.05, 0.1) is 11.7 Å². The normalized spacial score (nSPS) is 10.5. The van der Waals surface area contributed by atoms with E-state index in [0.717, 1.165) is 11.1 Å². The Labute approximate surface area is 58.3 Å². The van der Waals surface area contributed by atoms with Gasteiger partial charge in [0, 0.05) is 6.20 Å². The molecule has 50 valence electrons. The van der Waals surface area contributed by atoms with Gasteiger partial charge in [-0.05, 0) is 24.6 Å². The standard InChI is InChI=1S/C7H7N3/c1-6-5-9-10-7(6)3-2-4-8-10/h2-5H,1H3. The van der Waals surface area contributed by atoms with Gasteiger partial charge in [-0.25, -0.2) is 0 Å². The van der Waals surface area contributed by atoms with Gasteiger partial charge >= 0.3 is 0 Å². The largest absolute Gasteiger partial charge is 0.159 e. The average Bonchev–Trinajstić information content (AvgIpc) is 2.34. The molecular weight excluding hydrogens is 126 g/mol. The Hall–Kier alpha value is -1.38. The Bertz CT molecular complexity index is 350. The van der Waals surface area contributed by atoms with E-state index in [1.807, 2.05) is 25.3 Å². The Morgan fingerprint density at radius 2 is 2.30 bits per heavy atom. The summed E-state index contributed by atoms with van der Waals surface area (Å²) in [6.07, 6.45) is 3.53. The Kier molecular flexibility index (Phi) is 0.974. The van der Waals surface area contributed by atoms with E-state index >= 15 is 0 Å². The van der Waals surface area contributed by atoms with Crippen molar-refractivity contribution in [3.8, 4) is 0 Å². The summed E-state index contributed by atoms with van der Waals surface area (Å²) in [5.74, 6) is 0. The van der Waals surface area contributed by atoms with Gasteiger partial charge in [-0.3, -0.25) is 0 Å². The smallest absolute Gasteiger partial charge is 0.0902 e. The molecule has 0 saturated carbocycles. The topological polar surface area (TPSA) is 30.2 Å². The lowest BCUT2D eigenvalue weighted by Crippen LogP contribution is -1.89. The summed E-state index contributed by atoms with van der Waals surface area (Å²) in [4.78, 5) is 0. The molecule has 0 radical (unpaired) electrons. The van der Waals surface area contributed by atoms with Gasteiger partial charge in [0.15, 0.2) is 0 Å². The minimum absolute atomic E-state index is 1.07. The molecule has 3 heteroatoms. The monoisotopic (exact) mass is 133 g/mol. The van der Waals surface area contributed by atoms with Crippen LogP contribution in [-0.4, -0.2) is 14.8 Å². The zero-order valence-electron chi connectivity index (χ0n) is 5.65.